The molecule has 0 aliphatic carbocycles. The number of rotatable bonds is 7. The molecule has 3 aromatic rings. The molecule has 3 N–H and O–H groups in total. The van der Waals surface area contributed by atoms with Gasteiger partial charge in [0.25, 0.3) is 0 Å². The third-order valence-electron chi connectivity index (χ3n) is 5.40. The molecule has 1 fully saturated rings. The maximum Gasteiger partial charge on any atom is 0.0788 e. The Labute approximate surface area is 165 Å². The van der Waals surface area contributed by atoms with Gasteiger partial charge < -0.3 is 11.1 Å². The highest BCUT2D eigenvalue weighted by atomic mass is 32.1. The number of nitrogens with zero attached hydrogens (tertiary/aromatic N) is 2. The van der Waals surface area contributed by atoms with Gasteiger partial charge in [-0.05, 0) is 55.5 Å². The number of aromatic nitrogens is 1. The number of hydrogen-bond donors (Lipinski definition) is 2. The standard InChI is InChI=1S/C22H28N4S/c23-20(22-19-10-4-5-11-21(19)27-25-22)12-13-24-18-9-6-14-26(16-18)15-17-7-2-1-3-8-17/h1-5,7-8,10-11,18,20,24H,6,9,12-16,23H2. The minimum atomic E-state index is -0.00216. The Balaban J connectivity index is 1.26. The fraction of sp³-hybridized carbons (Fsp3) is 0.409. The summed E-state index contributed by atoms with van der Waals surface area (Å²) >= 11 is 1.55. The summed E-state index contributed by atoms with van der Waals surface area (Å²) in [6.45, 7) is 4.29. The van der Waals surface area contributed by atoms with Gasteiger partial charge in [-0.2, -0.15) is 4.37 Å². The highest BCUT2D eigenvalue weighted by Gasteiger charge is 2.20. The number of nitrogens with one attached hydrogen (secondary N) is 1. The first-order valence-corrected chi connectivity index (χ1v) is 10.7. The Bertz CT molecular complexity index is 848. The van der Waals surface area contributed by atoms with E-state index in [0.717, 1.165) is 31.7 Å². The van der Waals surface area contributed by atoms with Crippen molar-refractivity contribution in [3.05, 3.63) is 65.9 Å². The minimum Gasteiger partial charge on any atom is -0.323 e. The zero-order valence-electron chi connectivity index (χ0n) is 15.7. The number of fused-ring (bicyclic) bond motifs is 1. The summed E-state index contributed by atoms with van der Waals surface area (Å²) in [5.74, 6) is 0. The summed E-state index contributed by atoms with van der Waals surface area (Å²) in [7, 11) is 0. The van der Waals surface area contributed by atoms with Gasteiger partial charge in [0, 0.05) is 30.6 Å². The Morgan fingerprint density at radius 3 is 2.85 bits per heavy atom. The average molecular weight is 381 g/mol. The molecule has 2 aromatic carbocycles. The molecule has 2 unspecified atom stereocenters. The van der Waals surface area contributed by atoms with Crippen molar-refractivity contribution in [1.29, 1.82) is 0 Å². The van der Waals surface area contributed by atoms with Crippen LogP contribution in [0.1, 0.15) is 36.6 Å². The van der Waals surface area contributed by atoms with Crippen LogP contribution in [0.4, 0.5) is 0 Å². The molecule has 5 heteroatoms. The fourth-order valence-corrected chi connectivity index (χ4v) is 4.80. The SMILES string of the molecule is NC(CCNC1CCCN(Cc2ccccc2)C1)c1nsc2ccccc12. The van der Waals surface area contributed by atoms with Crippen LogP contribution in [0, 0.1) is 0 Å². The highest BCUT2D eigenvalue weighted by molar-refractivity contribution is 7.13. The number of piperidine rings is 1. The van der Waals surface area contributed by atoms with Gasteiger partial charge in [-0.15, -0.1) is 0 Å². The van der Waals surface area contributed by atoms with E-state index in [1.54, 1.807) is 11.5 Å². The monoisotopic (exact) mass is 380 g/mol. The Kier molecular flexibility index (Phi) is 6.14. The minimum absolute atomic E-state index is 0.00216. The summed E-state index contributed by atoms with van der Waals surface area (Å²) in [5, 5.41) is 4.94. The lowest BCUT2D eigenvalue weighted by molar-refractivity contribution is 0.183. The van der Waals surface area contributed by atoms with Crippen LogP contribution in [-0.2, 0) is 6.54 Å². The number of benzene rings is 2. The molecule has 1 aliphatic rings. The van der Waals surface area contributed by atoms with Crippen molar-refractivity contribution in [2.75, 3.05) is 19.6 Å². The normalized spacial score (nSPS) is 19.4. The van der Waals surface area contributed by atoms with Crippen molar-refractivity contribution >= 4 is 21.6 Å². The predicted molar refractivity (Wildman–Crippen MR) is 114 cm³/mol. The third kappa shape index (κ3) is 4.74. The quantitative estimate of drug-likeness (QED) is 0.652. The summed E-state index contributed by atoms with van der Waals surface area (Å²) in [4.78, 5) is 2.56. The van der Waals surface area contributed by atoms with E-state index in [2.05, 4.69) is 69.2 Å². The van der Waals surface area contributed by atoms with Crippen molar-refractivity contribution in [3.8, 4) is 0 Å². The smallest absolute Gasteiger partial charge is 0.0788 e. The topological polar surface area (TPSA) is 54.2 Å². The molecule has 27 heavy (non-hydrogen) atoms. The summed E-state index contributed by atoms with van der Waals surface area (Å²) < 4.78 is 5.82. The van der Waals surface area contributed by atoms with Gasteiger partial charge >= 0.3 is 0 Å². The van der Waals surface area contributed by atoms with Gasteiger partial charge in [0.2, 0.25) is 0 Å². The zero-order valence-corrected chi connectivity index (χ0v) is 16.5. The lowest BCUT2D eigenvalue weighted by Crippen LogP contribution is -2.45. The van der Waals surface area contributed by atoms with Crippen molar-refractivity contribution < 1.29 is 0 Å². The average Bonchev–Trinajstić information content (AvgIpc) is 3.13. The number of likely N-dealkylation sites (tertiary alicyclic amines) is 1. The summed E-state index contributed by atoms with van der Waals surface area (Å²) in [5.41, 5.74) is 8.89. The predicted octanol–water partition coefficient (Wildman–Crippen LogP) is 3.94. The van der Waals surface area contributed by atoms with Crippen LogP contribution in [-0.4, -0.2) is 34.9 Å². The molecule has 0 saturated carbocycles. The van der Waals surface area contributed by atoms with Crippen LogP contribution in [0.3, 0.4) is 0 Å². The maximum atomic E-state index is 6.44. The van der Waals surface area contributed by atoms with Crippen molar-refractivity contribution in [2.24, 2.45) is 5.73 Å². The summed E-state index contributed by atoms with van der Waals surface area (Å²) in [6.07, 6.45) is 3.43. The van der Waals surface area contributed by atoms with E-state index in [9.17, 15) is 0 Å². The van der Waals surface area contributed by atoms with Crippen LogP contribution in [0.25, 0.3) is 10.1 Å². The molecule has 0 bridgehead atoms. The molecule has 0 amide bonds. The Hall–Kier alpha value is -1.79. The molecule has 4 rings (SSSR count). The fourth-order valence-electron chi connectivity index (χ4n) is 3.96. The summed E-state index contributed by atoms with van der Waals surface area (Å²) in [6, 6.07) is 19.7. The van der Waals surface area contributed by atoms with Gasteiger partial charge in [-0.1, -0.05) is 48.5 Å². The van der Waals surface area contributed by atoms with E-state index in [-0.39, 0.29) is 6.04 Å². The maximum absolute atomic E-state index is 6.44. The van der Waals surface area contributed by atoms with Crippen LogP contribution in [0.5, 0.6) is 0 Å². The molecular formula is C22H28N4S. The van der Waals surface area contributed by atoms with E-state index >= 15 is 0 Å². The number of nitrogens with two attached hydrogens (primary N) is 1. The van der Waals surface area contributed by atoms with Crippen molar-refractivity contribution in [1.82, 2.24) is 14.6 Å². The van der Waals surface area contributed by atoms with Gasteiger partial charge in [-0.3, -0.25) is 4.90 Å². The first-order valence-electron chi connectivity index (χ1n) is 9.89. The second-order valence-electron chi connectivity index (χ2n) is 7.47. The second kappa shape index (κ2) is 8.93. The first-order chi connectivity index (χ1) is 13.3. The largest absolute Gasteiger partial charge is 0.323 e. The molecule has 2 heterocycles. The Morgan fingerprint density at radius 2 is 1.96 bits per heavy atom. The lowest BCUT2D eigenvalue weighted by atomic mass is 10.0. The third-order valence-corrected chi connectivity index (χ3v) is 6.24. The van der Waals surface area contributed by atoms with E-state index in [0.29, 0.717) is 6.04 Å². The zero-order chi connectivity index (χ0) is 18.5. The molecule has 0 radical (unpaired) electrons. The van der Waals surface area contributed by atoms with Gasteiger partial charge in [0.15, 0.2) is 0 Å². The van der Waals surface area contributed by atoms with Crippen LogP contribution >= 0.6 is 11.5 Å². The molecule has 0 spiro atoms. The first kappa shape index (κ1) is 18.6. The van der Waals surface area contributed by atoms with E-state index < -0.39 is 0 Å². The van der Waals surface area contributed by atoms with Crippen LogP contribution in [0.15, 0.2) is 54.6 Å². The van der Waals surface area contributed by atoms with Gasteiger partial charge in [0.05, 0.1) is 10.4 Å². The second-order valence-corrected chi connectivity index (χ2v) is 8.28. The molecule has 1 aromatic heterocycles. The lowest BCUT2D eigenvalue weighted by Gasteiger charge is -2.33. The van der Waals surface area contributed by atoms with Crippen molar-refractivity contribution in [3.63, 3.8) is 0 Å². The molecular weight excluding hydrogens is 352 g/mol. The van der Waals surface area contributed by atoms with Gasteiger partial charge in [-0.25, -0.2) is 0 Å². The molecule has 2 atom stereocenters. The highest BCUT2D eigenvalue weighted by Crippen LogP contribution is 2.27. The van der Waals surface area contributed by atoms with Crippen molar-refractivity contribution in [2.45, 2.75) is 37.9 Å². The Morgan fingerprint density at radius 1 is 1.15 bits per heavy atom. The molecule has 142 valence electrons. The van der Waals surface area contributed by atoms with Crippen LogP contribution < -0.4 is 11.1 Å². The van der Waals surface area contributed by atoms with Gasteiger partial charge in [0.1, 0.15) is 0 Å². The molecule has 1 aliphatic heterocycles. The molecule has 1 saturated heterocycles. The number of hydrogen-bond acceptors (Lipinski definition) is 5. The van der Waals surface area contributed by atoms with E-state index in [1.165, 1.54) is 35.0 Å². The van der Waals surface area contributed by atoms with E-state index in [1.807, 2.05) is 0 Å². The molecule has 4 nitrogen and oxygen atoms in total. The van der Waals surface area contributed by atoms with E-state index in [4.69, 9.17) is 5.73 Å². The van der Waals surface area contributed by atoms with Crippen LogP contribution in [0.2, 0.25) is 0 Å².